The van der Waals surface area contributed by atoms with Gasteiger partial charge in [0.05, 0.1) is 33.1 Å². The Morgan fingerprint density at radius 1 is 0.210 bits per heavy atom. The molecule has 3 aromatic heterocycles. The molecule has 0 amide bonds. The van der Waals surface area contributed by atoms with Gasteiger partial charge in [-0.15, -0.1) is 0 Å². The smallest absolute Gasteiger partial charge is 0.0541 e. The molecule has 81 heavy (non-hydrogen) atoms. The first-order chi connectivity index (χ1) is 40.1. The quantitative estimate of drug-likeness (QED) is 0.128. The largest absolute Gasteiger partial charge is 0.309 e. The molecular weight excluding hydrogens is 979 g/mol. The van der Waals surface area contributed by atoms with Gasteiger partial charge in [0.25, 0.3) is 0 Å². The van der Waals surface area contributed by atoms with Crippen molar-refractivity contribution in [1.82, 2.24) is 13.7 Å². The van der Waals surface area contributed by atoms with Crippen molar-refractivity contribution in [2.45, 2.75) is 26.7 Å². The van der Waals surface area contributed by atoms with Crippen LogP contribution in [0.2, 0.25) is 0 Å². The summed E-state index contributed by atoms with van der Waals surface area (Å²) in [6.45, 7) is 4.49. The minimum Gasteiger partial charge on any atom is -0.309 e. The van der Waals surface area contributed by atoms with Gasteiger partial charge in [0, 0.05) is 49.4 Å². The van der Waals surface area contributed by atoms with Crippen molar-refractivity contribution in [3.63, 3.8) is 0 Å². The molecule has 0 bridgehead atoms. The molecule has 16 aromatic rings. The molecule has 0 saturated heterocycles. The van der Waals surface area contributed by atoms with Gasteiger partial charge >= 0.3 is 0 Å². The maximum absolute atomic E-state index is 2.47. The fourth-order valence-corrected chi connectivity index (χ4v) is 13.4. The van der Waals surface area contributed by atoms with Gasteiger partial charge < -0.3 is 13.7 Å². The summed E-state index contributed by atoms with van der Waals surface area (Å²) in [6.07, 6.45) is 1.97. The lowest BCUT2D eigenvalue weighted by molar-refractivity contribution is 1.14. The van der Waals surface area contributed by atoms with Crippen LogP contribution in [0.25, 0.3) is 149 Å². The van der Waals surface area contributed by atoms with Gasteiger partial charge in [-0.2, -0.15) is 0 Å². The average molecular weight is 1030 g/mol. The molecule has 0 aliphatic carbocycles. The summed E-state index contributed by atoms with van der Waals surface area (Å²) >= 11 is 0. The van der Waals surface area contributed by atoms with Gasteiger partial charge in [0.2, 0.25) is 0 Å². The normalized spacial score (nSPS) is 11.9. The standard InChI is InChI=1S/C78H55N3/c1-3-50-28-38-71-65(44-50)67-46-54(32-40-73(67)79(71)58-20-10-6-11-21-58)56-34-42-75-69(48-56)70-49-57(55-33-41-74-68(47-55)66-45-51(4-2)29-39-72(66)80(74)59-22-12-7-13-23-59)35-43-76(70)81(75)60-36-30-53(31-37-60)78-63-26-16-14-24-61(63)77(52-18-8-5-9-19-52)62-25-15-17-27-64(62)78/h5-49H,3-4H2,1-2H3. The predicted octanol–water partition coefficient (Wildman–Crippen LogP) is 21.1. The minimum absolute atomic E-state index is 0.986. The SMILES string of the molecule is CCc1ccc2c(c1)c1cc(-c3ccc4c(c3)c3cc(-c5ccc6c(c5)c5cc(CC)ccc5n6-c5ccccc5)ccc3n4-c3ccc(-c4c5ccccc5c(-c5ccccc5)c5ccccc45)cc3)ccc1n2-c1ccccc1. The predicted molar refractivity (Wildman–Crippen MR) is 345 cm³/mol. The molecule has 3 heterocycles. The summed E-state index contributed by atoms with van der Waals surface area (Å²) in [5.74, 6) is 0. The van der Waals surface area contributed by atoms with Crippen molar-refractivity contribution in [1.29, 1.82) is 0 Å². The molecule has 0 fully saturated rings. The number of nitrogens with zero attached hydrogens (tertiary/aromatic N) is 3. The highest BCUT2D eigenvalue weighted by molar-refractivity contribution is 6.22. The maximum Gasteiger partial charge on any atom is 0.0541 e. The van der Waals surface area contributed by atoms with E-state index in [1.54, 1.807) is 0 Å². The van der Waals surface area contributed by atoms with E-state index in [1.165, 1.54) is 154 Å². The van der Waals surface area contributed by atoms with E-state index in [2.05, 4.69) is 301 Å². The Morgan fingerprint density at radius 3 is 0.802 bits per heavy atom. The number of hydrogen-bond donors (Lipinski definition) is 0. The lowest BCUT2D eigenvalue weighted by Crippen LogP contribution is -1.95. The molecule has 3 heteroatoms. The van der Waals surface area contributed by atoms with Gasteiger partial charge in [0.1, 0.15) is 0 Å². The van der Waals surface area contributed by atoms with Crippen LogP contribution < -0.4 is 0 Å². The number of aromatic nitrogens is 3. The topological polar surface area (TPSA) is 14.8 Å². The lowest BCUT2D eigenvalue weighted by Gasteiger charge is -2.18. The van der Waals surface area contributed by atoms with E-state index in [9.17, 15) is 0 Å². The zero-order valence-corrected chi connectivity index (χ0v) is 45.2. The highest BCUT2D eigenvalue weighted by Gasteiger charge is 2.21. The number of fused-ring (bicyclic) bond motifs is 11. The molecule has 13 aromatic carbocycles. The van der Waals surface area contributed by atoms with Crippen molar-refractivity contribution in [2.75, 3.05) is 0 Å². The van der Waals surface area contributed by atoms with Crippen LogP contribution in [0, 0.1) is 0 Å². The minimum atomic E-state index is 0.986. The summed E-state index contributed by atoms with van der Waals surface area (Å²) in [4.78, 5) is 0. The number of rotatable bonds is 9. The van der Waals surface area contributed by atoms with E-state index < -0.39 is 0 Å². The Labute approximate surface area is 470 Å². The van der Waals surface area contributed by atoms with Crippen LogP contribution in [0.4, 0.5) is 0 Å². The Kier molecular flexibility index (Phi) is 10.8. The molecule has 0 aliphatic rings. The van der Waals surface area contributed by atoms with Crippen molar-refractivity contribution < 1.29 is 0 Å². The molecule has 0 N–H and O–H groups in total. The summed E-state index contributed by atoms with van der Waals surface area (Å²) in [7, 11) is 0. The van der Waals surface area contributed by atoms with Crippen LogP contribution in [0.3, 0.4) is 0 Å². The van der Waals surface area contributed by atoms with Crippen LogP contribution in [0.5, 0.6) is 0 Å². The summed E-state index contributed by atoms with van der Waals surface area (Å²) in [5.41, 5.74) is 23.1. The maximum atomic E-state index is 2.47. The third kappa shape index (κ3) is 7.43. The van der Waals surface area contributed by atoms with Gasteiger partial charge in [-0.25, -0.2) is 0 Å². The third-order valence-electron chi connectivity index (χ3n) is 17.3. The first kappa shape index (κ1) is 46.8. The van der Waals surface area contributed by atoms with E-state index in [0.29, 0.717) is 0 Å². The molecule has 382 valence electrons. The first-order valence-electron chi connectivity index (χ1n) is 28.5. The van der Waals surface area contributed by atoms with E-state index in [4.69, 9.17) is 0 Å². The molecule has 0 unspecified atom stereocenters. The van der Waals surface area contributed by atoms with Crippen LogP contribution >= 0.6 is 0 Å². The van der Waals surface area contributed by atoms with Crippen molar-refractivity contribution in [3.8, 4) is 61.6 Å². The van der Waals surface area contributed by atoms with E-state index in [1.807, 2.05) is 0 Å². The second-order valence-electron chi connectivity index (χ2n) is 21.8. The molecular formula is C78H55N3. The molecule has 0 spiro atoms. The van der Waals surface area contributed by atoms with Gasteiger partial charge in [-0.3, -0.25) is 0 Å². The molecule has 16 rings (SSSR count). The zero-order valence-electron chi connectivity index (χ0n) is 45.2. The molecule has 0 atom stereocenters. The molecule has 0 aliphatic heterocycles. The van der Waals surface area contributed by atoms with Crippen molar-refractivity contribution in [3.05, 3.63) is 284 Å². The zero-order chi connectivity index (χ0) is 53.7. The molecule has 0 radical (unpaired) electrons. The van der Waals surface area contributed by atoms with Crippen molar-refractivity contribution in [2.24, 2.45) is 0 Å². The second-order valence-corrected chi connectivity index (χ2v) is 21.8. The second kappa shape index (κ2) is 18.7. The average Bonchev–Trinajstić information content (AvgIpc) is 4.19. The van der Waals surface area contributed by atoms with Gasteiger partial charge in [0.15, 0.2) is 0 Å². The van der Waals surface area contributed by atoms with Gasteiger partial charge in [-0.05, 0) is 199 Å². The summed E-state index contributed by atoms with van der Waals surface area (Å²) in [5, 5.41) is 12.5. The summed E-state index contributed by atoms with van der Waals surface area (Å²) in [6, 6.07) is 102. The third-order valence-corrected chi connectivity index (χ3v) is 17.3. The van der Waals surface area contributed by atoms with Crippen LogP contribution in [-0.4, -0.2) is 13.7 Å². The van der Waals surface area contributed by atoms with Crippen LogP contribution in [-0.2, 0) is 12.8 Å². The Bertz CT molecular complexity index is 4870. The lowest BCUT2D eigenvalue weighted by atomic mass is 9.86. The number of benzene rings is 13. The van der Waals surface area contributed by atoms with E-state index in [-0.39, 0.29) is 0 Å². The Morgan fingerprint density at radius 2 is 0.469 bits per heavy atom. The fourth-order valence-electron chi connectivity index (χ4n) is 13.4. The first-order valence-corrected chi connectivity index (χ1v) is 28.5. The number of para-hydroxylation sites is 2. The van der Waals surface area contributed by atoms with Crippen LogP contribution in [0.15, 0.2) is 273 Å². The molecule has 0 saturated carbocycles. The van der Waals surface area contributed by atoms with Crippen LogP contribution in [0.1, 0.15) is 25.0 Å². The molecule has 3 nitrogen and oxygen atoms in total. The van der Waals surface area contributed by atoms with Crippen molar-refractivity contribution >= 4 is 87.0 Å². The Balaban J connectivity index is 0.889. The van der Waals surface area contributed by atoms with E-state index in [0.717, 1.165) is 18.5 Å². The number of hydrogen-bond acceptors (Lipinski definition) is 0. The Hall–Kier alpha value is -10.2. The number of aryl methyl sites for hydroxylation is 2. The fraction of sp³-hybridized carbons (Fsp3) is 0.0513. The summed E-state index contributed by atoms with van der Waals surface area (Å²) < 4.78 is 7.31. The highest BCUT2D eigenvalue weighted by atomic mass is 15.0. The van der Waals surface area contributed by atoms with E-state index >= 15 is 0 Å². The highest BCUT2D eigenvalue weighted by Crippen LogP contribution is 2.46. The monoisotopic (exact) mass is 1030 g/mol. The van der Waals surface area contributed by atoms with Gasteiger partial charge in [-0.1, -0.05) is 178 Å².